The van der Waals surface area contributed by atoms with Gasteiger partial charge in [-0.25, -0.2) is 0 Å². The molecule has 0 aliphatic heterocycles. The van der Waals surface area contributed by atoms with E-state index in [1.165, 1.54) is 6.20 Å². The van der Waals surface area contributed by atoms with Crippen molar-refractivity contribution in [1.82, 2.24) is 10.3 Å². The fraction of sp³-hybridized carbons (Fsp3) is 0.0500. The first-order chi connectivity index (χ1) is 13.0. The first-order valence-corrected chi connectivity index (χ1v) is 8.99. The fourth-order valence-electron chi connectivity index (χ4n) is 2.49. The Labute approximate surface area is 171 Å². The Balaban J connectivity index is 1.95. The summed E-state index contributed by atoms with van der Waals surface area (Å²) in [5.41, 5.74) is 2.22. The highest BCUT2D eigenvalue weighted by atomic mass is 35.5. The summed E-state index contributed by atoms with van der Waals surface area (Å²) in [5.74, 6) is -0.313. The molecule has 0 aliphatic carbocycles. The minimum Gasteiger partial charge on any atom is -0.340 e. The fourth-order valence-corrected chi connectivity index (χ4v) is 2.91. The second-order valence-corrected chi connectivity index (χ2v) is 6.92. The van der Waals surface area contributed by atoms with Gasteiger partial charge in [-0.3, -0.25) is 9.78 Å². The molecular weight excluding hydrogens is 405 g/mol. The van der Waals surface area contributed by atoms with E-state index in [0.29, 0.717) is 31.9 Å². The van der Waals surface area contributed by atoms with Crippen molar-refractivity contribution in [3.63, 3.8) is 0 Å². The lowest BCUT2D eigenvalue weighted by atomic mass is 10.0. The third-order valence-corrected chi connectivity index (χ3v) is 4.84. The van der Waals surface area contributed by atoms with Crippen LogP contribution < -0.4 is 5.32 Å². The average Bonchev–Trinajstić information content (AvgIpc) is 2.69. The van der Waals surface area contributed by atoms with E-state index in [0.717, 1.165) is 5.56 Å². The predicted octanol–water partition coefficient (Wildman–Crippen LogP) is 5.43. The Kier molecular flexibility index (Phi) is 5.98. The summed E-state index contributed by atoms with van der Waals surface area (Å²) in [6, 6.07) is 16.4. The molecule has 0 radical (unpaired) electrons. The van der Waals surface area contributed by atoms with E-state index in [-0.39, 0.29) is 5.91 Å². The van der Waals surface area contributed by atoms with Crippen LogP contribution in [-0.4, -0.2) is 10.9 Å². The summed E-state index contributed by atoms with van der Waals surface area (Å²) in [6.45, 7) is 0. The van der Waals surface area contributed by atoms with E-state index < -0.39 is 6.04 Å². The van der Waals surface area contributed by atoms with Gasteiger partial charge in [0.2, 0.25) is 0 Å². The van der Waals surface area contributed by atoms with E-state index in [2.05, 4.69) is 10.3 Å². The third kappa shape index (κ3) is 4.58. The van der Waals surface area contributed by atoms with Crippen molar-refractivity contribution in [3.05, 3.63) is 98.2 Å². The number of hydrogen-bond donors (Lipinski definition) is 1. The zero-order chi connectivity index (χ0) is 19.4. The van der Waals surface area contributed by atoms with Gasteiger partial charge in [0.25, 0.3) is 5.91 Å². The number of pyridine rings is 1. The van der Waals surface area contributed by atoms with Crippen LogP contribution in [0.3, 0.4) is 0 Å². The van der Waals surface area contributed by atoms with Gasteiger partial charge in [0, 0.05) is 11.8 Å². The van der Waals surface area contributed by atoms with Crippen LogP contribution in [0.4, 0.5) is 0 Å². The van der Waals surface area contributed by atoms with Crippen molar-refractivity contribution in [1.29, 1.82) is 5.26 Å². The van der Waals surface area contributed by atoms with Crippen molar-refractivity contribution in [2.75, 3.05) is 0 Å². The van der Waals surface area contributed by atoms with Gasteiger partial charge in [0.15, 0.2) is 0 Å². The largest absolute Gasteiger partial charge is 0.340 e. The van der Waals surface area contributed by atoms with E-state index in [1.807, 2.05) is 6.07 Å². The molecule has 3 rings (SSSR count). The highest BCUT2D eigenvalue weighted by molar-refractivity contribution is 6.42. The van der Waals surface area contributed by atoms with Gasteiger partial charge in [0.1, 0.15) is 0 Å². The maximum atomic E-state index is 12.7. The Morgan fingerprint density at radius 2 is 1.74 bits per heavy atom. The molecule has 0 aliphatic rings. The Morgan fingerprint density at radius 3 is 2.33 bits per heavy atom. The zero-order valence-corrected chi connectivity index (χ0v) is 16.1. The molecule has 134 valence electrons. The first-order valence-electron chi connectivity index (χ1n) is 7.85. The number of amides is 1. The minimum absolute atomic E-state index is 0.313. The van der Waals surface area contributed by atoms with Gasteiger partial charge >= 0.3 is 0 Å². The summed E-state index contributed by atoms with van der Waals surface area (Å²) >= 11 is 18.1. The van der Waals surface area contributed by atoms with Crippen molar-refractivity contribution in [2.24, 2.45) is 0 Å². The zero-order valence-electron chi connectivity index (χ0n) is 13.8. The molecule has 1 aromatic heterocycles. The number of halogens is 3. The number of benzene rings is 2. The van der Waals surface area contributed by atoms with E-state index in [9.17, 15) is 4.79 Å². The monoisotopic (exact) mass is 415 g/mol. The maximum Gasteiger partial charge on any atom is 0.252 e. The standard InChI is InChI=1S/C20H12Cl3N3O/c21-15-6-8-18(25-11-15)19(14-5-7-16(22)17(23)9-14)26-20(27)13-3-1-12(10-24)2-4-13/h1-9,11,19H,(H,26,27)/t19-/m0/s1. The van der Waals surface area contributed by atoms with Gasteiger partial charge in [-0.1, -0.05) is 40.9 Å². The number of nitriles is 1. The highest BCUT2D eigenvalue weighted by Gasteiger charge is 2.20. The highest BCUT2D eigenvalue weighted by Crippen LogP contribution is 2.29. The van der Waals surface area contributed by atoms with Crippen LogP contribution in [0.2, 0.25) is 15.1 Å². The molecule has 3 aromatic rings. The van der Waals surface area contributed by atoms with E-state index >= 15 is 0 Å². The summed E-state index contributed by atoms with van der Waals surface area (Å²) in [6.07, 6.45) is 1.51. The Hall–Kier alpha value is -2.58. The second kappa shape index (κ2) is 8.41. The van der Waals surface area contributed by atoms with Gasteiger partial charge in [0.05, 0.1) is 38.4 Å². The van der Waals surface area contributed by atoms with Crippen LogP contribution in [0.15, 0.2) is 60.8 Å². The number of rotatable bonds is 4. The van der Waals surface area contributed by atoms with Crippen LogP contribution in [0, 0.1) is 11.3 Å². The Bertz CT molecular complexity index is 1010. The lowest BCUT2D eigenvalue weighted by Gasteiger charge is -2.19. The minimum atomic E-state index is -0.555. The van der Waals surface area contributed by atoms with Crippen LogP contribution in [-0.2, 0) is 0 Å². The molecule has 1 atom stereocenters. The summed E-state index contributed by atoms with van der Waals surface area (Å²) in [7, 11) is 0. The molecule has 0 fully saturated rings. The number of hydrogen-bond acceptors (Lipinski definition) is 3. The van der Waals surface area contributed by atoms with Gasteiger partial charge < -0.3 is 5.32 Å². The maximum absolute atomic E-state index is 12.7. The summed E-state index contributed by atoms with van der Waals surface area (Å²) in [4.78, 5) is 17.0. The molecule has 7 heteroatoms. The van der Waals surface area contributed by atoms with E-state index in [1.54, 1.807) is 54.6 Å². The molecular formula is C20H12Cl3N3O. The van der Waals surface area contributed by atoms with Crippen LogP contribution >= 0.6 is 34.8 Å². The SMILES string of the molecule is N#Cc1ccc(C(=O)N[C@@H](c2ccc(Cl)c(Cl)c2)c2ccc(Cl)cn2)cc1. The van der Waals surface area contributed by atoms with Crippen molar-refractivity contribution in [2.45, 2.75) is 6.04 Å². The molecule has 2 aromatic carbocycles. The van der Waals surface area contributed by atoms with Gasteiger partial charge in [-0.15, -0.1) is 0 Å². The molecule has 0 unspecified atom stereocenters. The molecule has 0 saturated carbocycles. The molecule has 0 saturated heterocycles. The van der Waals surface area contributed by atoms with Gasteiger partial charge in [-0.05, 0) is 54.1 Å². The second-order valence-electron chi connectivity index (χ2n) is 5.67. The number of nitrogens with zero attached hydrogens (tertiary/aromatic N) is 2. The van der Waals surface area contributed by atoms with Crippen LogP contribution in [0.1, 0.15) is 33.2 Å². The van der Waals surface area contributed by atoms with Crippen molar-refractivity contribution >= 4 is 40.7 Å². The van der Waals surface area contributed by atoms with Crippen LogP contribution in [0.5, 0.6) is 0 Å². The van der Waals surface area contributed by atoms with Gasteiger partial charge in [-0.2, -0.15) is 5.26 Å². The quantitative estimate of drug-likeness (QED) is 0.616. The third-order valence-electron chi connectivity index (χ3n) is 3.87. The van der Waals surface area contributed by atoms with Crippen LogP contribution in [0.25, 0.3) is 0 Å². The number of carbonyl (C=O) groups is 1. The molecule has 0 bridgehead atoms. The average molecular weight is 417 g/mol. The number of nitrogens with one attached hydrogen (secondary N) is 1. The number of aromatic nitrogens is 1. The molecule has 27 heavy (non-hydrogen) atoms. The molecule has 0 spiro atoms. The topological polar surface area (TPSA) is 65.8 Å². The first kappa shape index (κ1) is 19.2. The lowest BCUT2D eigenvalue weighted by molar-refractivity contribution is 0.0942. The lowest BCUT2D eigenvalue weighted by Crippen LogP contribution is -2.30. The van der Waals surface area contributed by atoms with Crippen molar-refractivity contribution in [3.8, 4) is 6.07 Å². The molecule has 1 N–H and O–H groups in total. The molecule has 4 nitrogen and oxygen atoms in total. The predicted molar refractivity (Wildman–Crippen MR) is 106 cm³/mol. The summed E-state index contributed by atoms with van der Waals surface area (Å²) < 4.78 is 0. The Morgan fingerprint density at radius 1 is 1.00 bits per heavy atom. The smallest absolute Gasteiger partial charge is 0.252 e. The van der Waals surface area contributed by atoms with Crippen molar-refractivity contribution < 1.29 is 4.79 Å². The summed E-state index contributed by atoms with van der Waals surface area (Å²) in [5, 5.41) is 13.1. The normalized spacial score (nSPS) is 11.5. The van der Waals surface area contributed by atoms with E-state index in [4.69, 9.17) is 40.1 Å². The molecule has 1 heterocycles. The molecule has 1 amide bonds. The number of carbonyl (C=O) groups excluding carboxylic acids is 1.